The molecule has 25 heavy (non-hydrogen) atoms. The summed E-state index contributed by atoms with van der Waals surface area (Å²) < 4.78 is 0. The Labute approximate surface area is 149 Å². The summed E-state index contributed by atoms with van der Waals surface area (Å²) in [5, 5.41) is 31.0. The number of aliphatic hydroxyl groups is 3. The van der Waals surface area contributed by atoms with Crippen LogP contribution in [0.3, 0.4) is 0 Å². The highest BCUT2D eigenvalue weighted by atomic mass is 16.3. The highest BCUT2D eigenvalue weighted by molar-refractivity contribution is 5.68. The van der Waals surface area contributed by atoms with Crippen LogP contribution in [0.1, 0.15) is 31.2 Å². The molecule has 0 radical (unpaired) electrons. The van der Waals surface area contributed by atoms with E-state index >= 15 is 0 Å². The second kappa shape index (κ2) is 8.11. The molecule has 3 atom stereocenters. The predicted octanol–water partition coefficient (Wildman–Crippen LogP) is 2.59. The smallest absolute Gasteiger partial charge is 0.134 e. The summed E-state index contributed by atoms with van der Waals surface area (Å²) >= 11 is 0. The first-order valence-corrected chi connectivity index (χ1v) is 9.00. The Kier molecular flexibility index (Phi) is 5.86. The third-order valence-corrected chi connectivity index (χ3v) is 5.23. The summed E-state index contributed by atoms with van der Waals surface area (Å²) in [4.78, 5) is 1.86. The van der Waals surface area contributed by atoms with Gasteiger partial charge in [0.1, 0.15) is 12.3 Å². The Bertz CT molecular complexity index is 668. The summed E-state index contributed by atoms with van der Waals surface area (Å²) in [5.74, 6) is -0.210. The van der Waals surface area contributed by atoms with Gasteiger partial charge in [-0.1, -0.05) is 61.5 Å². The van der Waals surface area contributed by atoms with E-state index in [1.165, 1.54) is 0 Å². The topological polar surface area (TPSA) is 63.9 Å². The van der Waals surface area contributed by atoms with E-state index in [-0.39, 0.29) is 12.0 Å². The Balaban J connectivity index is 1.80. The van der Waals surface area contributed by atoms with E-state index < -0.39 is 12.3 Å². The van der Waals surface area contributed by atoms with Crippen LogP contribution < -0.4 is 0 Å². The van der Waals surface area contributed by atoms with Crippen LogP contribution in [0.4, 0.5) is 0 Å². The van der Waals surface area contributed by atoms with Gasteiger partial charge in [-0.05, 0) is 29.5 Å². The molecule has 3 rings (SSSR count). The van der Waals surface area contributed by atoms with E-state index in [1.807, 2.05) is 48.2 Å². The van der Waals surface area contributed by atoms with Crippen molar-refractivity contribution in [3.05, 3.63) is 60.2 Å². The summed E-state index contributed by atoms with van der Waals surface area (Å²) in [7, 11) is 0. The van der Waals surface area contributed by atoms with E-state index in [0.29, 0.717) is 25.9 Å². The first-order valence-electron chi connectivity index (χ1n) is 9.00. The summed E-state index contributed by atoms with van der Waals surface area (Å²) in [6.07, 6.45) is -0.833. The molecule has 0 amide bonds. The molecule has 0 saturated carbocycles. The maximum atomic E-state index is 10.8. The minimum absolute atomic E-state index is 0.210. The van der Waals surface area contributed by atoms with E-state index in [9.17, 15) is 15.3 Å². The Morgan fingerprint density at radius 2 is 1.52 bits per heavy atom. The minimum atomic E-state index is -0.925. The average Bonchev–Trinajstić information content (AvgIpc) is 2.67. The molecule has 3 N–H and O–H groups in total. The van der Waals surface area contributed by atoms with Gasteiger partial charge < -0.3 is 15.3 Å². The van der Waals surface area contributed by atoms with Gasteiger partial charge in [0.15, 0.2) is 0 Å². The zero-order valence-electron chi connectivity index (χ0n) is 14.6. The molecule has 0 spiro atoms. The molecule has 1 fully saturated rings. The largest absolute Gasteiger partial charge is 0.393 e. The highest BCUT2D eigenvalue weighted by Crippen LogP contribution is 2.32. The average molecular weight is 341 g/mol. The maximum Gasteiger partial charge on any atom is 0.134 e. The Morgan fingerprint density at radius 1 is 0.920 bits per heavy atom. The fourth-order valence-corrected chi connectivity index (χ4v) is 3.58. The number of hydrogen-bond acceptors (Lipinski definition) is 4. The third-order valence-electron chi connectivity index (χ3n) is 5.23. The molecule has 0 aliphatic carbocycles. The number of piperidine rings is 1. The monoisotopic (exact) mass is 341 g/mol. The summed E-state index contributed by atoms with van der Waals surface area (Å²) in [6, 6.07) is 18.1. The zero-order chi connectivity index (χ0) is 17.8. The van der Waals surface area contributed by atoms with Gasteiger partial charge in [-0.15, -0.1) is 0 Å². The van der Waals surface area contributed by atoms with Crippen molar-refractivity contribution >= 4 is 0 Å². The van der Waals surface area contributed by atoms with Crippen LogP contribution in [0.25, 0.3) is 11.1 Å². The maximum absolute atomic E-state index is 10.8. The SMILES string of the molecule is CC(c1ccccc1-c1ccccc1)C(O)C(O)N1CCC(O)CC1. The van der Waals surface area contributed by atoms with Gasteiger partial charge in [0.05, 0.1) is 6.10 Å². The number of hydrogen-bond donors (Lipinski definition) is 3. The van der Waals surface area contributed by atoms with Crippen molar-refractivity contribution in [1.29, 1.82) is 0 Å². The molecular formula is C21H27NO3. The fourth-order valence-electron chi connectivity index (χ4n) is 3.58. The van der Waals surface area contributed by atoms with Gasteiger partial charge in [0.2, 0.25) is 0 Å². The third kappa shape index (κ3) is 4.10. The Hall–Kier alpha value is -1.72. The van der Waals surface area contributed by atoms with Gasteiger partial charge >= 0.3 is 0 Å². The highest BCUT2D eigenvalue weighted by Gasteiger charge is 2.32. The minimum Gasteiger partial charge on any atom is -0.393 e. The van der Waals surface area contributed by atoms with Crippen molar-refractivity contribution in [3.8, 4) is 11.1 Å². The molecule has 1 saturated heterocycles. The van der Waals surface area contributed by atoms with Gasteiger partial charge in [0, 0.05) is 19.0 Å². The number of benzene rings is 2. The first-order chi connectivity index (χ1) is 12.1. The molecule has 1 aliphatic heterocycles. The number of likely N-dealkylation sites (tertiary alicyclic amines) is 1. The van der Waals surface area contributed by atoms with Crippen LogP contribution in [-0.2, 0) is 0 Å². The van der Waals surface area contributed by atoms with Crippen molar-refractivity contribution in [1.82, 2.24) is 4.90 Å². The molecule has 1 aliphatic rings. The lowest BCUT2D eigenvalue weighted by molar-refractivity contribution is -0.106. The van der Waals surface area contributed by atoms with Crippen LogP contribution in [-0.4, -0.2) is 51.7 Å². The zero-order valence-corrected chi connectivity index (χ0v) is 14.6. The molecule has 4 heteroatoms. The standard InChI is InChI=1S/C21H27NO3/c1-15(20(24)21(25)22-13-11-17(23)12-14-22)18-9-5-6-10-19(18)16-7-3-2-4-8-16/h2-10,15,17,20-21,23-25H,11-14H2,1H3. The normalized spacial score (nSPS) is 20.2. The summed E-state index contributed by atoms with van der Waals surface area (Å²) in [5.41, 5.74) is 3.21. The second-order valence-corrected chi connectivity index (χ2v) is 6.91. The molecule has 0 bridgehead atoms. The van der Waals surface area contributed by atoms with Crippen LogP contribution in [0, 0.1) is 0 Å². The molecule has 1 heterocycles. The Morgan fingerprint density at radius 3 is 2.20 bits per heavy atom. The van der Waals surface area contributed by atoms with Crippen LogP contribution in [0.5, 0.6) is 0 Å². The summed E-state index contributed by atoms with van der Waals surface area (Å²) in [6.45, 7) is 3.16. The second-order valence-electron chi connectivity index (χ2n) is 6.91. The van der Waals surface area contributed by atoms with Crippen molar-refractivity contribution in [2.45, 2.75) is 44.1 Å². The quantitative estimate of drug-likeness (QED) is 0.782. The van der Waals surface area contributed by atoms with E-state index in [2.05, 4.69) is 18.2 Å². The number of nitrogens with zero attached hydrogens (tertiary/aromatic N) is 1. The van der Waals surface area contributed by atoms with E-state index in [1.54, 1.807) is 0 Å². The lowest BCUT2D eigenvalue weighted by atomic mass is 9.87. The van der Waals surface area contributed by atoms with Gasteiger partial charge in [-0.3, -0.25) is 4.90 Å². The first kappa shape index (κ1) is 18.1. The van der Waals surface area contributed by atoms with Gasteiger partial charge in [-0.2, -0.15) is 0 Å². The van der Waals surface area contributed by atoms with Crippen LogP contribution in [0.15, 0.2) is 54.6 Å². The van der Waals surface area contributed by atoms with Crippen LogP contribution >= 0.6 is 0 Å². The van der Waals surface area contributed by atoms with Crippen molar-refractivity contribution in [3.63, 3.8) is 0 Å². The molecule has 134 valence electrons. The number of rotatable bonds is 5. The van der Waals surface area contributed by atoms with E-state index in [0.717, 1.165) is 16.7 Å². The molecular weight excluding hydrogens is 314 g/mol. The lowest BCUT2D eigenvalue weighted by Gasteiger charge is -2.37. The fraction of sp³-hybridized carbons (Fsp3) is 0.429. The predicted molar refractivity (Wildman–Crippen MR) is 99.1 cm³/mol. The molecule has 2 aromatic rings. The van der Waals surface area contributed by atoms with Gasteiger partial charge in [-0.25, -0.2) is 0 Å². The molecule has 3 unspecified atom stereocenters. The van der Waals surface area contributed by atoms with Crippen LogP contribution in [0.2, 0.25) is 0 Å². The molecule has 4 nitrogen and oxygen atoms in total. The number of aliphatic hydroxyl groups excluding tert-OH is 3. The van der Waals surface area contributed by atoms with Gasteiger partial charge in [0.25, 0.3) is 0 Å². The van der Waals surface area contributed by atoms with E-state index in [4.69, 9.17) is 0 Å². The molecule has 0 aromatic heterocycles. The van der Waals surface area contributed by atoms with Crippen molar-refractivity contribution in [2.24, 2.45) is 0 Å². The lowest BCUT2D eigenvalue weighted by Crippen LogP contribution is -2.49. The van der Waals surface area contributed by atoms with Crippen molar-refractivity contribution < 1.29 is 15.3 Å². The molecule has 2 aromatic carbocycles. The van der Waals surface area contributed by atoms with Crippen molar-refractivity contribution in [2.75, 3.05) is 13.1 Å².